The van der Waals surface area contributed by atoms with Crippen LogP contribution in [0.15, 0.2) is 42.5 Å². The second-order valence-electron chi connectivity index (χ2n) is 11.0. The summed E-state index contributed by atoms with van der Waals surface area (Å²) >= 11 is 0. The van der Waals surface area contributed by atoms with Gasteiger partial charge in [-0.15, -0.1) is 0 Å². The number of benzene rings is 1. The van der Waals surface area contributed by atoms with Gasteiger partial charge in [0.1, 0.15) is 0 Å². The van der Waals surface area contributed by atoms with E-state index in [1.54, 1.807) is 33.8 Å². The van der Waals surface area contributed by atoms with Gasteiger partial charge in [-0.1, -0.05) is 36.4 Å². The van der Waals surface area contributed by atoms with Crippen LogP contribution in [0.5, 0.6) is 0 Å². The molecule has 1 aromatic rings. The van der Waals surface area contributed by atoms with E-state index in [1.807, 2.05) is 35.2 Å². The van der Waals surface area contributed by atoms with Crippen molar-refractivity contribution in [2.45, 2.75) is 72.0 Å². The average molecular weight is 717 g/mol. The van der Waals surface area contributed by atoms with E-state index in [2.05, 4.69) is 5.32 Å². The van der Waals surface area contributed by atoms with Gasteiger partial charge in [-0.3, -0.25) is 46.4 Å². The highest BCUT2D eigenvalue weighted by molar-refractivity contribution is 7.48. The maximum atomic E-state index is 13.7. The summed E-state index contributed by atoms with van der Waals surface area (Å²) in [5.74, 6) is -3.15. The normalized spacial score (nSPS) is 21.0. The number of unbranched alkanes of at least 4 members (excludes halogenated alkanes) is 2. The number of hydrogen-bond acceptors (Lipinski definition) is 13. The number of carbonyl (C=O) groups excluding carboxylic acids is 3. The van der Waals surface area contributed by atoms with Crippen LogP contribution in [0.4, 0.5) is 0 Å². The number of ether oxygens (including phenoxy) is 1. The molecule has 0 aliphatic carbocycles. The monoisotopic (exact) mass is 716 g/mol. The van der Waals surface area contributed by atoms with Crippen LogP contribution in [0, 0.1) is 11.8 Å². The highest BCUT2D eigenvalue weighted by atomic mass is 31.2. The third kappa shape index (κ3) is 11.7. The van der Waals surface area contributed by atoms with Crippen LogP contribution in [0.2, 0.25) is 0 Å². The van der Waals surface area contributed by atoms with Crippen LogP contribution in [0.3, 0.4) is 0 Å². The summed E-state index contributed by atoms with van der Waals surface area (Å²) in [5, 5.41) is 2.89. The van der Waals surface area contributed by atoms with Gasteiger partial charge in [0.05, 0.1) is 64.1 Å². The number of phosphoric acid groups is 2. The Morgan fingerprint density at radius 1 is 0.750 bits per heavy atom. The number of phosphoric ester groups is 2. The summed E-state index contributed by atoms with van der Waals surface area (Å²) < 4.78 is 61.8. The molecule has 1 amide bonds. The van der Waals surface area contributed by atoms with Crippen molar-refractivity contribution in [3.63, 3.8) is 0 Å². The van der Waals surface area contributed by atoms with Crippen molar-refractivity contribution in [2.24, 2.45) is 11.8 Å². The van der Waals surface area contributed by atoms with E-state index in [0.717, 1.165) is 5.56 Å². The van der Waals surface area contributed by atoms with E-state index in [1.165, 1.54) is 6.08 Å². The Kier molecular flexibility index (Phi) is 17.1. The number of ketones is 1. The smallest absolute Gasteiger partial charge is 0.465 e. The number of carbonyl (C=O) groups is 3. The summed E-state index contributed by atoms with van der Waals surface area (Å²) in [5.41, 5.74) is 0.941. The lowest BCUT2D eigenvalue weighted by molar-refractivity contribution is -0.152. The first kappa shape index (κ1) is 40.2. The minimum Gasteiger partial charge on any atom is -0.465 e. The molecule has 0 saturated carbocycles. The van der Waals surface area contributed by atoms with Crippen molar-refractivity contribution >= 4 is 33.3 Å². The first-order valence-corrected chi connectivity index (χ1v) is 19.6. The summed E-state index contributed by atoms with van der Waals surface area (Å²) in [6.45, 7) is 8.30. The molecule has 2 heterocycles. The van der Waals surface area contributed by atoms with Gasteiger partial charge in [0.25, 0.3) is 0 Å². The fourth-order valence-electron chi connectivity index (χ4n) is 5.70. The van der Waals surface area contributed by atoms with Gasteiger partial charge in [0.2, 0.25) is 5.91 Å². The molecular formula is C32H50N2O12P2. The van der Waals surface area contributed by atoms with Crippen molar-refractivity contribution < 1.29 is 55.4 Å². The second-order valence-corrected chi connectivity index (χ2v) is 14.3. The Bertz CT molecular complexity index is 1280. The zero-order valence-corrected chi connectivity index (χ0v) is 30.1. The third-order valence-electron chi connectivity index (χ3n) is 7.67. The summed E-state index contributed by atoms with van der Waals surface area (Å²) in [6, 6.07) is 8.18. The lowest BCUT2D eigenvalue weighted by Gasteiger charge is -2.31. The summed E-state index contributed by atoms with van der Waals surface area (Å²) in [6.07, 6.45) is 4.91. The number of amides is 1. The fourth-order valence-corrected chi connectivity index (χ4v) is 8.12. The molecule has 1 aromatic carbocycles. The van der Waals surface area contributed by atoms with Crippen LogP contribution < -0.4 is 5.32 Å². The van der Waals surface area contributed by atoms with E-state index in [-0.39, 0.29) is 58.6 Å². The van der Waals surface area contributed by atoms with Crippen LogP contribution in [0.25, 0.3) is 0 Å². The molecular weight excluding hydrogens is 666 g/mol. The number of nitrogens with zero attached hydrogens (tertiary/aromatic N) is 1. The number of rotatable bonds is 24. The molecule has 2 aliphatic rings. The Labute approximate surface area is 283 Å². The van der Waals surface area contributed by atoms with Crippen LogP contribution in [-0.4, -0.2) is 87.4 Å². The van der Waals surface area contributed by atoms with Crippen molar-refractivity contribution in [3.8, 4) is 0 Å². The van der Waals surface area contributed by atoms with Gasteiger partial charge in [0, 0.05) is 19.1 Å². The molecule has 0 aromatic heterocycles. The zero-order valence-electron chi connectivity index (χ0n) is 28.3. The van der Waals surface area contributed by atoms with Crippen LogP contribution >= 0.6 is 15.6 Å². The summed E-state index contributed by atoms with van der Waals surface area (Å²) in [4.78, 5) is 42.5. The zero-order chi connectivity index (χ0) is 35.0. The molecule has 2 unspecified atom stereocenters. The Morgan fingerprint density at radius 3 is 1.85 bits per heavy atom. The first-order valence-electron chi connectivity index (χ1n) is 16.6. The van der Waals surface area contributed by atoms with E-state index < -0.39 is 51.4 Å². The van der Waals surface area contributed by atoms with Gasteiger partial charge < -0.3 is 10.1 Å². The SMILES string of the molecule is CCOP(=O)(OCC)OCCCCNC(=O)C1C(C(=O)OCCCCOP(=O)(OCC)OCC)[C@H]2C=CC(=O)[C@@H]1N2Cc1ccccc1. The molecule has 2 aliphatic heterocycles. The fraction of sp³-hybridized carbons (Fsp3) is 0.656. The van der Waals surface area contributed by atoms with Crippen molar-refractivity contribution in [3.05, 3.63) is 48.0 Å². The lowest BCUT2D eigenvalue weighted by atomic mass is 9.86. The number of hydrogen-bond donors (Lipinski definition) is 1. The Hall–Kier alpha value is -2.25. The van der Waals surface area contributed by atoms with Crippen molar-refractivity contribution in [1.29, 1.82) is 0 Å². The Morgan fingerprint density at radius 2 is 1.29 bits per heavy atom. The molecule has 16 heteroatoms. The predicted octanol–water partition coefficient (Wildman–Crippen LogP) is 5.23. The first-order chi connectivity index (χ1) is 23.1. The minimum atomic E-state index is -3.64. The molecule has 0 spiro atoms. The van der Waals surface area contributed by atoms with E-state index >= 15 is 0 Å². The van der Waals surface area contributed by atoms with Crippen LogP contribution in [0.1, 0.15) is 58.9 Å². The van der Waals surface area contributed by atoms with Gasteiger partial charge in [0.15, 0.2) is 5.78 Å². The molecule has 1 fully saturated rings. The molecule has 2 bridgehead atoms. The lowest BCUT2D eigenvalue weighted by Crippen LogP contribution is -2.47. The number of esters is 1. The molecule has 1 saturated heterocycles. The highest BCUT2D eigenvalue weighted by Gasteiger charge is 2.58. The maximum absolute atomic E-state index is 13.7. The molecule has 270 valence electrons. The van der Waals surface area contributed by atoms with Crippen LogP contribution in [-0.2, 0) is 61.9 Å². The highest BCUT2D eigenvalue weighted by Crippen LogP contribution is 2.50. The maximum Gasteiger partial charge on any atom is 0.474 e. The van der Waals surface area contributed by atoms with Gasteiger partial charge in [-0.25, -0.2) is 9.13 Å². The molecule has 1 N–H and O–H groups in total. The Balaban J connectivity index is 1.63. The largest absolute Gasteiger partial charge is 0.474 e. The quantitative estimate of drug-likeness (QED) is 0.0841. The van der Waals surface area contributed by atoms with Gasteiger partial charge >= 0.3 is 21.6 Å². The van der Waals surface area contributed by atoms with E-state index in [9.17, 15) is 23.5 Å². The van der Waals surface area contributed by atoms with E-state index in [0.29, 0.717) is 32.2 Å². The standard InChI is InChI=1S/C32H50N2O12P2/c1-5-41-47(38,42-6-2)45-22-13-12-20-33-31(36)29-28(32(37)40-21-14-15-23-46-48(39,43-7-3)44-8-4)26-18-19-27(35)30(29)34(26)24-25-16-10-9-11-17-25/h9-11,16-19,26,28-30H,5-8,12-15,20-24H2,1-4H3,(H,33,36)/t26-,28?,29?,30+/m1/s1. The average Bonchev–Trinajstić information content (AvgIpc) is 3.28. The molecule has 0 radical (unpaired) electrons. The third-order valence-corrected chi connectivity index (χ3v) is 11.0. The van der Waals surface area contributed by atoms with Crippen molar-refractivity contribution in [2.75, 3.05) is 52.8 Å². The molecule has 48 heavy (non-hydrogen) atoms. The van der Waals surface area contributed by atoms with Gasteiger partial charge in [-0.2, -0.15) is 0 Å². The second kappa shape index (κ2) is 20.4. The number of fused-ring (bicyclic) bond motifs is 2. The molecule has 14 nitrogen and oxygen atoms in total. The van der Waals surface area contributed by atoms with Gasteiger partial charge in [-0.05, 0) is 65.0 Å². The predicted molar refractivity (Wildman–Crippen MR) is 177 cm³/mol. The van der Waals surface area contributed by atoms with E-state index in [4.69, 9.17) is 31.9 Å². The summed E-state index contributed by atoms with van der Waals surface area (Å²) in [7, 11) is -7.26. The topological polar surface area (TPSA) is 165 Å². The van der Waals surface area contributed by atoms with Crippen molar-refractivity contribution in [1.82, 2.24) is 10.2 Å². The molecule has 3 rings (SSSR count). The number of nitrogens with one attached hydrogen (secondary N) is 1. The minimum absolute atomic E-state index is 0.0433. The molecule has 4 atom stereocenters.